The van der Waals surface area contributed by atoms with E-state index in [2.05, 4.69) is 28.7 Å². The fourth-order valence-corrected chi connectivity index (χ4v) is 1.68. The maximum atomic E-state index is 3.55. The number of likely N-dealkylation sites (N-methyl/N-ethyl adjacent to an activating group) is 1. The lowest BCUT2D eigenvalue weighted by molar-refractivity contribution is 0.345. The van der Waals surface area contributed by atoms with Gasteiger partial charge >= 0.3 is 0 Å². The van der Waals surface area contributed by atoms with Gasteiger partial charge in [-0.1, -0.05) is 11.6 Å². The summed E-state index contributed by atoms with van der Waals surface area (Å²) in [5.41, 5.74) is 1.59. The van der Waals surface area contributed by atoms with E-state index in [4.69, 9.17) is 0 Å². The van der Waals surface area contributed by atoms with Crippen molar-refractivity contribution < 1.29 is 0 Å². The Morgan fingerprint density at radius 1 is 1.62 bits per heavy atom. The maximum Gasteiger partial charge on any atom is 0.0320 e. The Kier molecular flexibility index (Phi) is 2.98. The van der Waals surface area contributed by atoms with Crippen LogP contribution in [0.15, 0.2) is 11.6 Å². The molecule has 0 saturated carbocycles. The molecule has 0 aliphatic carbocycles. The third-order valence-corrected chi connectivity index (χ3v) is 2.91. The predicted octanol–water partition coefficient (Wildman–Crippen LogP) is -0.190. The van der Waals surface area contributed by atoms with Crippen LogP contribution in [0, 0.1) is 0 Å². The van der Waals surface area contributed by atoms with Gasteiger partial charge in [0.2, 0.25) is 0 Å². The van der Waals surface area contributed by atoms with Gasteiger partial charge in [0.1, 0.15) is 0 Å². The molecule has 3 heteroatoms. The van der Waals surface area contributed by atoms with Crippen molar-refractivity contribution in [3.8, 4) is 0 Å². The first kappa shape index (κ1) is 9.19. The highest BCUT2D eigenvalue weighted by Crippen LogP contribution is 2.08. The zero-order chi connectivity index (χ0) is 9.10. The van der Waals surface area contributed by atoms with Gasteiger partial charge in [0.15, 0.2) is 0 Å². The molecule has 0 aromatic rings. The lowest BCUT2D eigenvalue weighted by Gasteiger charge is -2.30. The molecule has 2 heterocycles. The zero-order valence-electron chi connectivity index (χ0n) is 8.34. The Morgan fingerprint density at radius 2 is 2.46 bits per heavy atom. The Bertz CT molecular complexity index is 196. The van der Waals surface area contributed by atoms with Gasteiger partial charge in [-0.3, -0.25) is 0 Å². The minimum atomic E-state index is 0.723. The molecule has 0 radical (unpaired) electrons. The van der Waals surface area contributed by atoms with Crippen LogP contribution in [0.3, 0.4) is 0 Å². The summed E-state index contributed by atoms with van der Waals surface area (Å²) < 4.78 is 0. The van der Waals surface area contributed by atoms with E-state index < -0.39 is 0 Å². The van der Waals surface area contributed by atoms with Gasteiger partial charge in [0.25, 0.3) is 0 Å². The maximum absolute atomic E-state index is 3.55. The number of nitrogens with one attached hydrogen (secondary N) is 2. The quantitative estimate of drug-likeness (QED) is 0.591. The molecule has 0 spiro atoms. The first-order valence-corrected chi connectivity index (χ1v) is 5.15. The smallest absolute Gasteiger partial charge is 0.0320 e. The van der Waals surface area contributed by atoms with Crippen molar-refractivity contribution in [3.63, 3.8) is 0 Å². The van der Waals surface area contributed by atoms with Crippen molar-refractivity contribution in [2.24, 2.45) is 0 Å². The van der Waals surface area contributed by atoms with Crippen LogP contribution in [-0.2, 0) is 0 Å². The fraction of sp³-hybridized carbons (Fsp3) is 0.800. The molecule has 0 amide bonds. The van der Waals surface area contributed by atoms with Crippen LogP contribution in [0.4, 0.5) is 0 Å². The molecule has 13 heavy (non-hydrogen) atoms. The summed E-state index contributed by atoms with van der Waals surface area (Å²) in [4.78, 5) is 2.36. The highest BCUT2D eigenvalue weighted by molar-refractivity contribution is 5.09. The van der Waals surface area contributed by atoms with E-state index >= 15 is 0 Å². The molecule has 2 aliphatic rings. The SMILES string of the molecule is CN1CC=C(CNC2CNC2)CC1. The highest BCUT2D eigenvalue weighted by atomic mass is 15.1. The summed E-state index contributed by atoms with van der Waals surface area (Å²) in [7, 11) is 2.18. The van der Waals surface area contributed by atoms with Crippen LogP contribution in [0.25, 0.3) is 0 Å². The van der Waals surface area contributed by atoms with Crippen molar-refractivity contribution >= 4 is 0 Å². The van der Waals surface area contributed by atoms with Gasteiger partial charge < -0.3 is 15.5 Å². The number of hydrogen-bond acceptors (Lipinski definition) is 3. The third-order valence-electron chi connectivity index (χ3n) is 2.91. The van der Waals surface area contributed by atoms with Crippen LogP contribution in [0.5, 0.6) is 0 Å². The molecule has 2 rings (SSSR count). The van der Waals surface area contributed by atoms with Crippen LogP contribution in [0.2, 0.25) is 0 Å². The van der Waals surface area contributed by atoms with Gasteiger partial charge in [-0.25, -0.2) is 0 Å². The number of rotatable bonds is 3. The van der Waals surface area contributed by atoms with E-state index in [0.717, 1.165) is 32.2 Å². The van der Waals surface area contributed by atoms with Crippen LogP contribution < -0.4 is 10.6 Å². The normalized spacial score (nSPS) is 25.5. The minimum Gasteiger partial charge on any atom is -0.314 e. The fourth-order valence-electron chi connectivity index (χ4n) is 1.68. The largest absolute Gasteiger partial charge is 0.314 e. The van der Waals surface area contributed by atoms with Gasteiger partial charge in [0, 0.05) is 38.8 Å². The summed E-state index contributed by atoms with van der Waals surface area (Å²) in [5, 5.41) is 6.82. The van der Waals surface area contributed by atoms with E-state index in [1.165, 1.54) is 13.0 Å². The van der Waals surface area contributed by atoms with Gasteiger partial charge in [-0.05, 0) is 13.5 Å². The van der Waals surface area contributed by atoms with Crippen LogP contribution in [0.1, 0.15) is 6.42 Å². The van der Waals surface area contributed by atoms with Gasteiger partial charge in [-0.2, -0.15) is 0 Å². The second-order valence-corrected chi connectivity index (χ2v) is 4.11. The molecule has 0 bridgehead atoms. The molecule has 1 saturated heterocycles. The van der Waals surface area contributed by atoms with E-state index in [1.807, 2.05) is 0 Å². The second-order valence-electron chi connectivity index (χ2n) is 4.11. The minimum absolute atomic E-state index is 0.723. The molecule has 0 aromatic carbocycles. The van der Waals surface area contributed by atoms with Crippen molar-refractivity contribution in [2.75, 3.05) is 39.8 Å². The van der Waals surface area contributed by atoms with Crippen molar-refractivity contribution in [3.05, 3.63) is 11.6 Å². The van der Waals surface area contributed by atoms with E-state index in [0.29, 0.717) is 0 Å². The molecule has 0 unspecified atom stereocenters. The number of hydrogen-bond donors (Lipinski definition) is 2. The van der Waals surface area contributed by atoms with E-state index in [-0.39, 0.29) is 0 Å². The molecule has 3 nitrogen and oxygen atoms in total. The Morgan fingerprint density at radius 3 is 3.00 bits per heavy atom. The lowest BCUT2D eigenvalue weighted by Crippen LogP contribution is -2.55. The molecule has 2 aliphatic heterocycles. The topological polar surface area (TPSA) is 27.3 Å². The van der Waals surface area contributed by atoms with Crippen LogP contribution in [-0.4, -0.2) is 50.7 Å². The third kappa shape index (κ3) is 2.53. The average Bonchev–Trinajstić information content (AvgIpc) is 2.05. The Labute approximate surface area is 80.2 Å². The highest BCUT2D eigenvalue weighted by Gasteiger charge is 2.16. The lowest BCUT2D eigenvalue weighted by atomic mass is 10.1. The van der Waals surface area contributed by atoms with Crippen LogP contribution >= 0.6 is 0 Å². The summed E-state index contributed by atoms with van der Waals surface area (Å²) >= 11 is 0. The molecule has 2 N–H and O–H groups in total. The first-order chi connectivity index (χ1) is 6.34. The molecular weight excluding hydrogens is 162 g/mol. The number of nitrogens with zero attached hydrogens (tertiary/aromatic N) is 1. The average molecular weight is 181 g/mol. The second kappa shape index (κ2) is 4.22. The van der Waals surface area contributed by atoms with Crippen molar-refractivity contribution in [1.29, 1.82) is 0 Å². The first-order valence-electron chi connectivity index (χ1n) is 5.15. The molecule has 1 fully saturated rings. The Hall–Kier alpha value is -0.380. The van der Waals surface area contributed by atoms with Gasteiger partial charge in [0.05, 0.1) is 0 Å². The van der Waals surface area contributed by atoms with Crippen molar-refractivity contribution in [1.82, 2.24) is 15.5 Å². The van der Waals surface area contributed by atoms with Gasteiger partial charge in [-0.15, -0.1) is 0 Å². The standard InChI is InChI=1S/C10H19N3/c1-13-4-2-9(3-5-13)6-12-10-7-11-8-10/h2,10-12H,3-8H2,1H3. The summed E-state index contributed by atoms with van der Waals surface area (Å²) in [6.45, 7) is 5.73. The molecular formula is C10H19N3. The zero-order valence-corrected chi connectivity index (χ0v) is 8.34. The van der Waals surface area contributed by atoms with Crippen molar-refractivity contribution in [2.45, 2.75) is 12.5 Å². The Balaban J connectivity index is 1.68. The summed E-state index contributed by atoms with van der Waals surface area (Å²) in [6.07, 6.45) is 3.60. The predicted molar refractivity (Wildman–Crippen MR) is 54.9 cm³/mol. The molecule has 0 aromatic heterocycles. The summed E-state index contributed by atoms with van der Waals surface area (Å²) in [5.74, 6) is 0. The molecule has 74 valence electrons. The van der Waals surface area contributed by atoms with E-state index in [9.17, 15) is 0 Å². The monoisotopic (exact) mass is 181 g/mol. The van der Waals surface area contributed by atoms with E-state index in [1.54, 1.807) is 5.57 Å². The summed E-state index contributed by atoms with van der Waals surface area (Å²) in [6, 6.07) is 0.723. The molecule has 0 atom stereocenters.